The second-order valence-electron chi connectivity index (χ2n) is 5.70. The molecule has 0 N–H and O–H groups in total. The molecule has 100 valence electrons. The van der Waals surface area contributed by atoms with Gasteiger partial charge in [0.25, 0.3) is 0 Å². The maximum atomic E-state index is 2.55. The van der Waals surface area contributed by atoms with Gasteiger partial charge < -0.3 is 0 Å². The van der Waals surface area contributed by atoms with Crippen molar-refractivity contribution in [2.75, 3.05) is 0 Å². The highest BCUT2D eigenvalue weighted by atomic mass is 127. The Labute approximate surface area is 123 Å². The Bertz CT molecular complexity index is 259. The summed E-state index contributed by atoms with van der Waals surface area (Å²) in [6, 6.07) is 0. The van der Waals surface area contributed by atoms with E-state index >= 15 is 0 Å². The lowest BCUT2D eigenvalue weighted by Crippen LogP contribution is -2.24. The Morgan fingerprint density at radius 1 is 0.941 bits per heavy atom. The van der Waals surface area contributed by atoms with Crippen molar-refractivity contribution in [3.63, 3.8) is 0 Å². The Hall–Kier alpha value is 0.427. The van der Waals surface area contributed by atoms with Gasteiger partial charge in [-0.15, -0.1) is 0 Å². The number of hydrogen-bond donors (Lipinski definition) is 0. The lowest BCUT2D eigenvalue weighted by Gasteiger charge is -2.21. The number of rotatable bonds is 8. The van der Waals surface area contributed by atoms with Gasteiger partial charge in [0.15, 0.2) is 0 Å². The fraction of sp³-hybridized carbons (Fsp3) is 0.733. The number of hydrogen-bond acceptors (Lipinski definition) is 0. The van der Waals surface area contributed by atoms with Gasteiger partial charge in [-0.2, -0.15) is 0 Å². The Morgan fingerprint density at radius 2 is 1.41 bits per heavy atom. The summed E-state index contributed by atoms with van der Waals surface area (Å²) in [4.78, 5) is 0. The first-order valence-electron chi connectivity index (χ1n) is 7.00. The molecule has 0 amide bonds. The lowest BCUT2D eigenvalue weighted by molar-refractivity contribution is 0.811. The minimum absolute atomic E-state index is 1.17. The van der Waals surface area contributed by atoms with Crippen LogP contribution in [0.4, 0.5) is 0 Å². The fourth-order valence-electron chi connectivity index (χ4n) is 1.76. The molecule has 0 unspecified atom stereocenters. The van der Waals surface area contributed by atoms with E-state index in [0.717, 1.165) is 0 Å². The van der Waals surface area contributed by atoms with Crippen LogP contribution >= 0.6 is 22.6 Å². The van der Waals surface area contributed by atoms with Gasteiger partial charge in [-0.05, 0) is 35.4 Å². The number of halogens is 1. The molecule has 0 aromatic heterocycles. The summed E-state index contributed by atoms with van der Waals surface area (Å²) in [6.45, 7) is 11.9. The standard InChI is InChI=1S/C15H29ISi/c1-6-8-10-12-14(16)15(17(3,4)5)13-11-9-7-2/h12-13H,6-11H2,1-5H3/b14-12-,15-13-. The van der Waals surface area contributed by atoms with Crippen LogP contribution in [0.1, 0.15) is 52.4 Å². The van der Waals surface area contributed by atoms with Gasteiger partial charge in [0, 0.05) is 3.58 Å². The molecule has 0 radical (unpaired) electrons. The van der Waals surface area contributed by atoms with Crippen molar-refractivity contribution in [3.05, 3.63) is 20.9 Å². The first-order chi connectivity index (χ1) is 7.93. The number of unbranched alkanes of at least 4 members (excludes halogenated alkanes) is 4. The topological polar surface area (TPSA) is 0 Å². The van der Waals surface area contributed by atoms with Crippen molar-refractivity contribution in [1.29, 1.82) is 0 Å². The molecule has 0 atom stereocenters. The number of allylic oxidation sites excluding steroid dienone is 4. The van der Waals surface area contributed by atoms with Gasteiger partial charge in [-0.1, -0.05) is 76.5 Å². The van der Waals surface area contributed by atoms with E-state index < -0.39 is 8.07 Å². The van der Waals surface area contributed by atoms with E-state index in [-0.39, 0.29) is 0 Å². The zero-order valence-corrected chi connectivity index (χ0v) is 15.4. The molecule has 0 aliphatic rings. The van der Waals surface area contributed by atoms with Crippen LogP contribution in [0.5, 0.6) is 0 Å². The first kappa shape index (κ1) is 17.4. The van der Waals surface area contributed by atoms with Crippen LogP contribution in [0.2, 0.25) is 19.6 Å². The zero-order valence-electron chi connectivity index (χ0n) is 12.3. The van der Waals surface area contributed by atoms with Crippen LogP contribution in [-0.2, 0) is 0 Å². The van der Waals surface area contributed by atoms with Gasteiger partial charge in [-0.3, -0.25) is 0 Å². The van der Waals surface area contributed by atoms with Crippen molar-refractivity contribution in [2.24, 2.45) is 0 Å². The third kappa shape index (κ3) is 8.19. The Morgan fingerprint density at radius 3 is 1.82 bits per heavy atom. The van der Waals surface area contributed by atoms with Crippen molar-refractivity contribution in [1.82, 2.24) is 0 Å². The molecule has 0 saturated carbocycles. The van der Waals surface area contributed by atoms with Gasteiger partial charge >= 0.3 is 0 Å². The third-order valence-corrected chi connectivity index (χ3v) is 6.47. The molecule has 0 aromatic rings. The smallest absolute Gasteiger partial charge is 0.0785 e. The van der Waals surface area contributed by atoms with E-state index in [2.05, 4.69) is 68.2 Å². The maximum absolute atomic E-state index is 2.55. The summed E-state index contributed by atoms with van der Waals surface area (Å²) < 4.78 is 1.52. The zero-order chi connectivity index (χ0) is 13.3. The van der Waals surface area contributed by atoms with Gasteiger partial charge in [0.2, 0.25) is 0 Å². The quantitative estimate of drug-likeness (QED) is 0.200. The van der Waals surface area contributed by atoms with E-state index in [4.69, 9.17) is 0 Å². The first-order valence-corrected chi connectivity index (χ1v) is 11.6. The summed E-state index contributed by atoms with van der Waals surface area (Å²) in [7, 11) is -1.17. The molecule has 0 nitrogen and oxygen atoms in total. The molecule has 2 heteroatoms. The van der Waals surface area contributed by atoms with Crippen molar-refractivity contribution in [2.45, 2.75) is 72.0 Å². The molecule has 17 heavy (non-hydrogen) atoms. The van der Waals surface area contributed by atoms with E-state index in [0.29, 0.717) is 0 Å². The largest absolute Gasteiger partial charge is 0.0843 e. The summed E-state index contributed by atoms with van der Waals surface area (Å²) in [5.41, 5.74) is 0. The normalized spacial score (nSPS) is 14.2. The second-order valence-corrected chi connectivity index (χ2v) is 11.9. The predicted octanol–water partition coefficient (Wildman–Crippen LogP) is 6.49. The SMILES string of the molecule is CCCC/C=C(I)/C(=C/CCCC)[Si](C)(C)C. The average Bonchev–Trinajstić information content (AvgIpc) is 2.23. The molecule has 0 saturated heterocycles. The molecule has 0 fully saturated rings. The molecule has 0 aliphatic heterocycles. The van der Waals surface area contributed by atoms with Crippen LogP contribution in [0.15, 0.2) is 20.9 Å². The maximum Gasteiger partial charge on any atom is 0.0785 e. The minimum atomic E-state index is -1.17. The Balaban J connectivity index is 4.68. The summed E-state index contributed by atoms with van der Waals surface area (Å²) in [5.74, 6) is 0. The van der Waals surface area contributed by atoms with Crippen molar-refractivity contribution >= 4 is 30.7 Å². The highest BCUT2D eigenvalue weighted by Gasteiger charge is 2.20. The van der Waals surface area contributed by atoms with E-state index in [1.165, 1.54) is 42.1 Å². The highest BCUT2D eigenvalue weighted by molar-refractivity contribution is 14.1. The van der Waals surface area contributed by atoms with Crippen LogP contribution in [-0.4, -0.2) is 8.07 Å². The molecule has 0 spiro atoms. The average molecular weight is 364 g/mol. The summed E-state index contributed by atoms with van der Waals surface area (Å²) in [6.07, 6.45) is 12.7. The van der Waals surface area contributed by atoms with Crippen LogP contribution in [0.3, 0.4) is 0 Å². The Kier molecular flexibility index (Phi) is 9.60. The summed E-state index contributed by atoms with van der Waals surface area (Å²) >= 11 is 2.55. The molecule has 0 heterocycles. The molecule has 0 bridgehead atoms. The minimum Gasteiger partial charge on any atom is -0.0843 e. The molecule has 0 aliphatic carbocycles. The van der Waals surface area contributed by atoms with Crippen LogP contribution in [0, 0.1) is 0 Å². The van der Waals surface area contributed by atoms with Crippen LogP contribution < -0.4 is 0 Å². The van der Waals surface area contributed by atoms with Crippen molar-refractivity contribution in [3.8, 4) is 0 Å². The monoisotopic (exact) mass is 364 g/mol. The molecule has 0 aromatic carbocycles. The van der Waals surface area contributed by atoms with E-state index in [1.54, 1.807) is 5.20 Å². The lowest BCUT2D eigenvalue weighted by atomic mass is 10.2. The van der Waals surface area contributed by atoms with Gasteiger partial charge in [-0.25, -0.2) is 0 Å². The molecule has 0 rings (SSSR count). The summed E-state index contributed by atoms with van der Waals surface area (Å²) in [5, 5.41) is 1.67. The van der Waals surface area contributed by atoms with Gasteiger partial charge in [0.1, 0.15) is 0 Å². The molecular formula is C15H29ISi. The predicted molar refractivity (Wildman–Crippen MR) is 92.6 cm³/mol. The highest BCUT2D eigenvalue weighted by Crippen LogP contribution is 2.29. The fourth-order valence-corrected chi connectivity index (χ4v) is 6.29. The van der Waals surface area contributed by atoms with Crippen LogP contribution in [0.25, 0.3) is 0 Å². The van der Waals surface area contributed by atoms with Crippen molar-refractivity contribution < 1.29 is 0 Å². The van der Waals surface area contributed by atoms with E-state index in [9.17, 15) is 0 Å². The van der Waals surface area contributed by atoms with E-state index in [1.807, 2.05) is 0 Å². The third-order valence-electron chi connectivity index (χ3n) is 2.85. The molecular weight excluding hydrogens is 335 g/mol. The second kappa shape index (κ2) is 9.37. The van der Waals surface area contributed by atoms with Gasteiger partial charge in [0.05, 0.1) is 8.07 Å².